The lowest BCUT2D eigenvalue weighted by molar-refractivity contribution is -0.152. The summed E-state index contributed by atoms with van der Waals surface area (Å²) >= 11 is 5.93. The van der Waals surface area contributed by atoms with Gasteiger partial charge in [0.2, 0.25) is 0 Å². The van der Waals surface area contributed by atoms with Gasteiger partial charge in [-0.3, -0.25) is 9.59 Å². The fourth-order valence-electron chi connectivity index (χ4n) is 1.73. The molecule has 2 rings (SSSR count). The molecule has 0 saturated carbocycles. The maximum atomic E-state index is 11.4. The van der Waals surface area contributed by atoms with Crippen LogP contribution in [0.5, 0.6) is 5.75 Å². The summed E-state index contributed by atoms with van der Waals surface area (Å²) in [6.45, 7) is 0. The zero-order chi connectivity index (χ0) is 11.7. The van der Waals surface area contributed by atoms with Gasteiger partial charge in [0.05, 0.1) is 24.5 Å². The van der Waals surface area contributed by atoms with E-state index in [-0.39, 0.29) is 6.42 Å². The molecule has 0 amide bonds. The summed E-state index contributed by atoms with van der Waals surface area (Å²) in [6, 6.07) is 5.07. The van der Waals surface area contributed by atoms with Gasteiger partial charge in [-0.2, -0.15) is 0 Å². The second kappa shape index (κ2) is 4.14. The molecule has 0 aliphatic carbocycles. The fourth-order valence-corrected chi connectivity index (χ4v) is 1.99. The molecule has 1 aliphatic rings. The Morgan fingerprint density at radius 2 is 2.19 bits per heavy atom. The first-order chi connectivity index (χ1) is 7.63. The number of hydrogen-bond acceptors (Lipinski definition) is 4. The largest absolute Gasteiger partial charge is 0.495 e. The highest BCUT2D eigenvalue weighted by Gasteiger charge is 2.36. The van der Waals surface area contributed by atoms with Gasteiger partial charge in [-0.15, -0.1) is 0 Å². The summed E-state index contributed by atoms with van der Waals surface area (Å²) in [4.78, 5) is 22.4. The van der Waals surface area contributed by atoms with E-state index >= 15 is 0 Å². The lowest BCUT2D eigenvalue weighted by Gasteiger charge is -2.12. The van der Waals surface area contributed by atoms with Gasteiger partial charge in [0, 0.05) is 5.56 Å². The SMILES string of the molecule is COc1c(Cl)cccc1C1CC(=O)OC1=O. The Bertz CT molecular complexity index is 455. The van der Waals surface area contributed by atoms with Gasteiger partial charge < -0.3 is 9.47 Å². The second-order valence-electron chi connectivity index (χ2n) is 3.41. The van der Waals surface area contributed by atoms with Gasteiger partial charge in [-0.25, -0.2) is 0 Å². The molecular weight excluding hydrogens is 232 g/mol. The van der Waals surface area contributed by atoms with Gasteiger partial charge in [-0.1, -0.05) is 23.7 Å². The van der Waals surface area contributed by atoms with Crippen LogP contribution in [0.3, 0.4) is 0 Å². The van der Waals surface area contributed by atoms with Gasteiger partial charge >= 0.3 is 11.9 Å². The van der Waals surface area contributed by atoms with Gasteiger partial charge in [-0.05, 0) is 6.07 Å². The number of esters is 2. The van der Waals surface area contributed by atoms with Crippen LogP contribution in [0.1, 0.15) is 17.9 Å². The minimum absolute atomic E-state index is 0.0372. The molecule has 4 nitrogen and oxygen atoms in total. The Hall–Kier alpha value is -1.55. The predicted octanol–water partition coefficient (Wildman–Crippen LogP) is 1.91. The van der Waals surface area contributed by atoms with Crippen LogP contribution in [0, 0.1) is 0 Å². The zero-order valence-corrected chi connectivity index (χ0v) is 9.28. The standard InChI is InChI=1S/C11H9ClO4/c1-15-10-6(3-2-4-8(10)12)7-5-9(13)16-11(7)14/h2-4,7H,5H2,1H3. The molecule has 1 unspecified atom stereocenters. The normalized spacial score (nSPS) is 19.8. The van der Waals surface area contributed by atoms with Crippen molar-refractivity contribution in [2.24, 2.45) is 0 Å². The van der Waals surface area contributed by atoms with Crippen LogP contribution in [-0.4, -0.2) is 19.0 Å². The third kappa shape index (κ3) is 1.76. The molecular formula is C11H9ClO4. The van der Waals surface area contributed by atoms with E-state index in [0.29, 0.717) is 16.3 Å². The smallest absolute Gasteiger partial charge is 0.321 e. The number of carbonyl (C=O) groups is 2. The molecule has 1 saturated heterocycles. The van der Waals surface area contributed by atoms with Crippen molar-refractivity contribution < 1.29 is 19.1 Å². The van der Waals surface area contributed by atoms with Crippen molar-refractivity contribution in [1.82, 2.24) is 0 Å². The molecule has 0 bridgehead atoms. The van der Waals surface area contributed by atoms with Crippen LogP contribution >= 0.6 is 11.6 Å². The highest BCUT2D eigenvalue weighted by atomic mass is 35.5. The summed E-state index contributed by atoms with van der Waals surface area (Å²) in [7, 11) is 1.47. The summed E-state index contributed by atoms with van der Waals surface area (Å²) in [6.07, 6.45) is 0.0372. The fraction of sp³-hybridized carbons (Fsp3) is 0.273. The van der Waals surface area contributed by atoms with Crippen LogP contribution in [0.15, 0.2) is 18.2 Å². The first-order valence-electron chi connectivity index (χ1n) is 4.70. The number of benzene rings is 1. The minimum atomic E-state index is -0.610. The van der Waals surface area contributed by atoms with Crippen molar-refractivity contribution in [1.29, 1.82) is 0 Å². The van der Waals surface area contributed by atoms with Crippen molar-refractivity contribution >= 4 is 23.5 Å². The van der Waals surface area contributed by atoms with E-state index in [1.54, 1.807) is 18.2 Å². The number of rotatable bonds is 2. The molecule has 1 atom stereocenters. The molecule has 5 heteroatoms. The van der Waals surface area contributed by atoms with E-state index in [1.165, 1.54) is 7.11 Å². The van der Waals surface area contributed by atoms with Crippen molar-refractivity contribution in [3.8, 4) is 5.75 Å². The molecule has 84 valence electrons. The predicted molar refractivity (Wildman–Crippen MR) is 56.5 cm³/mol. The molecule has 1 aromatic carbocycles. The topological polar surface area (TPSA) is 52.6 Å². The van der Waals surface area contributed by atoms with E-state index in [9.17, 15) is 9.59 Å². The van der Waals surface area contributed by atoms with Gasteiger partial charge in [0.1, 0.15) is 5.75 Å². The van der Waals surface area contributed by atoms with Crippen LogP contribution in [0.4, 0.5) is 0 Å². The highest BCUT2D eigenvalue weighted by molar-refractivity contribution is 6.32. The highest BCUT2D eigenvalue weighted by Crippen LogP contribution is 2.37. The van der Waals surface area contributed by atoms with E-state index < -0.39 is 17.9 Å². The third-order valence-corrected chi connectivity index (χ3v) is 2.74. The average Bonchev–Trinajstić information content (AvgIpc) is 2.57. The van der Waals surface area contributed by atoms with Crippen molar-refractivity contribution in [2.75, 3.05) is 7.11 Å². The number of methoxy groups -OCH3 is 1. The molecule has 1 aromatic rings. The molecule has 0 N–H and O–H groups in total. The summed E-state index contributed by atoms with van der Waals surface area (Å²) in [5, 5.41) is 0.409. The van der Waals surface area contributed by atoms with Crippen molar-refractivity contribution in [3.63, 3.8) is 0 Å². The minimum Gasteiger partial charge on any atom is -0.495 e. The number of halogens is 1. The van der Waals surface area contributed by atoms with E-state index in [2.05, 4.69) is 4.74 Å². The van der Waals surface area contributed by atoms with Crippen LogP contribution in [0.25, 0.3) is 0 Å². The Kier molecular flexibility index (Phi) is 2.83. The molecule has 1 heterocycles. The molecule has 1 fully saturated rings. The number of carbonyl (C=O) groups excluding carboxylic acids is 2. The average molecular weight is 241 g/mol. The maximum Gasteiger partial charge on any atom is 0.321 e. The van der Waals surface area contributed by atoms with Crippen molar-refractivity contribution in [3.05, 3.63) is 28.8 Å². The Morgan fingerprint density at radius 3 is 2.75 bits per heavy atom. The first kappa shape index (κ1) is 11.0. The van der Waals surface area contributed by atoms with Crippen molar-refractivity contribution in [2.45, 2.75) is 12.3 Å². The Morgan fingerprint density at radius 1 is 1.44 bits per heavy atom. The number of cyclic esters (lactones) is 2. The first-order valence-corrected chi connectivity index (χ1v) is 5.08. The Balaban J connectivity index is 2.44. The summed E-state index contributed by atoms with van der Waals surface area (Å²) in [5.41, 5.74) is 0.589. The van der Waals surface area contributed by atoms with E-state index in [1.807, 2.05) is 0 Å². The lowest BCUT2D eigenvalue weighted by Crippen LogP contribution is -2.07. The molecule has 16 heavy (non-hydrogen) atoms. The molecule has 0 spiro atoms. The van der Waals surface area contributed by atoms with Crippen LogP contribution < -0.4 is 4.74 Å². The molecule has 0 radical (unpaired) electrons. The van der Waals surface area contributed by atoms with E-state index in [4.69, 9.17) is 16.3 Å². The zero-order valence-electron chi connectivity index (χ0n) is 8.53. The summed E-state index contributed by atoms with van der Waals surface area (Å²) < 4.78 is 9.61. The lowest BCUT2D eigenvalue weighted by atomic mass is 9.97. The Labute approximate surface area is 97.1 Å². The number of para-hydroxylation sites is 1. The second-order valence-corrected chi connectivity index (χ2v) is 3.82. The van der Waals surface area contributed by atoms with Gasteiger partial charge in [0.15, 0.2) is 0 Å². The van der Waals surface area contributed by atoms with Crippen LogP contribution in [-0.2, 0) is 14.3 Å². The monoisotopic (exact) mass is 240 g/mol. The molecule has 0 aromatic heterocycles. The van der Waals surface area contributed by atoms with E-state index in [0.717, 1.165) is 0 Å². The summed E-state index contributed by atoms with van der Waals surface area (Å²) in [5.74, 6) is -1.26. The van der Waals surface area contributed by atoms with Gasteiger partial charge in [0.25, 0.3) is 0 Å². The number of ether oxygens (including phenoxy) is 2. The quantitative estimate of drug-likeness (QED) is 0.585. The third-order valence-electron chi connectivity index (χ3n) is 2.45. The van der Waals surface area contributed by atoms with Crippen LogP contribution in [0.2, 0.25) is 5.02 Å². The maximum absolute atomic E-state index is 11.4. The number of hydrogen-bond donors (Lipinski definition) is 0. The molecule has 1 aliphatic heterocycles.